The maximum atomic E-state index is 11.9. The molecule has 0 spiro atoms. The van der Waals surface area contributed by atoms with Crippen LogP contribution in [0.5, 0.6) is 0 Å². The molecule has 0 saturated heterocycles. The van der Waals surface area contributed by atoms with Gasteiger partial charge in [0.05, 0.1) is 0 Å². The minimum atomic E-state index is -1.05. The summed E-state index contributed by atoms with van der Waals surface area (Å²) in [5.74, 6) is -1.06. The van der Waals surface area contributed by atoms with Crippen molar-refractivity contribution in [3.8, 4) is 0 Å². The van der Waals surface area contributed by atoms with Gasteiger partial charge in [0.25, 0.3) is 0 Å². The van der Waals surface area contributed by atoms with Crippen LogP contribution in [-0.2, 0) is 9.59 Å². The third-order valence-corrected chi connectivity index (χ3v) is 3.39. The molecular weight excluding hydrogens is 192 g/mol. The highest BCUT2D eigenvalue weighted by Gasteiger charge is 2.35. The van der Waals surface area contributed by atoms with E-state index in [2.05, 4.69) is 0 Å². The van der Waals surface area contributed by atoms with Crippen molar-refractivity contribution in [3.63, 3.8) is 0 Å². The van der Waals surface area contributed by atoms with Crippen LogP contribution in [0.2, 0.25) is 0 Å². The predicted molar refractivity (Wildman–Crippen MR) is 57.6 cm³/mol. The molecular formula is C12H18O3. The number of carboxylic acid groups (broad SMARTS) is 1. The Morgan fingerprint density at radius 1 is 1.20 bits per heavy atom. The zero-order valence-electron chi connectivity index (χ0n) is 9.16. The van der Waals surface area contributed by atoms with Crippen molar-refractivity contribution in [2.75, 3.05) is 0 Å². The number of carbonyl (C=O) groups is 2. The molecule has 0 aliphatic heterocycles. The molecule has 3 nitrogen and oxygen atoms in total. The van der Waals surface area contributed by atoms with Gasteiger partial charge in [-0.25, -0.2) is 4.79 Å². The Bertz CT molecular complexity index is 273. The van der Waals surface area contributed by atoms with Crippen molar-refractivity contribution >= 4 is 11.8 Å². The highest BCUT2D eigenvalue weighted by atomic mass is 16.4. The summed E-state index contributed by atoms with van der Waals surface area (Å²) < 4.78 is 0. The maximum Gasteiger partial charge on any atom is 0.328 e. The second-order valence-corrected chi connectivity index (χ2v) is 4.23. The predicted octanol–water partition coefficient (Wildman–Crippen LogP) is 2.56. The molecule has 0 aromatic carbocycles. The van der Waals surface area contributed by atoms with E-state index in [1.165, 1.54) is 12.5 Å². The van der Waals surface area contributed by atoms with Gasteiger partial charge in [-0.15, -0.1) is 0 Å². The lowest BCUT2D eigenvalue weighted by Crippen LogP contribution is -2.31. The molecule has 0 heterocycles. The van der Waals surface area contributed by atoms with Gasteiger partial charge in [0.15, 0.2) is 5.78 Å². The lowest BCUT2D eigenvalue weighted by atomic mass is 9.69. The number of carboxylic acids is 1. The SMILES string of the molecule is CCC1(C(=O)/C=C/C(=O)O)CCCCC1. The zero-order valence-corrected chi connectivity index (χ0v) is 9.16. The van der Waals surface area contributed by atoms with Crippen LogP contribution >= 0.6 is 0 Å². The Balaban J connectivity index is 2.72. The normalized spacial score (nSPS) is 20.3. The Hall–Kier alpha value is -1.12. The van der Waals surface area contributed by atoms with Crippen LogP contribution in [0.3, 0.4) is 0 Å². The van der Waals surface area contributed by atoms with Gasteiger partial charge in [-0.05, 0) is 25.3 Å². The largest absolute Gasteiger partial charge is 0.478 e. The molecule has 15 heavy (non-hydrogen) atoms. The van der Waals surface area contributed by atoms with E-state index >= 15 is 0 Å². The van der Waals surface area contributed by atoms with Crippen molar-refractivity contribution in [2.24, 2.45) is 5.41 Å². The van der Waals surface area contributed by atoms with Crippen LogP contribution in [0.1, 0.15) is 45.4 Å². The lowest BCUT2D eigenvalue weighted by Gasteiger charge is -2.33. The third kappa shape index (κ3) is 2.91. The van der Waals surface area contributed by atoms with Gasteiger partial charge in [-0.1, -0.05) is 26.2 Å². The third-order valence-electron chi connectivity index (χ3n) is 3.39. The first-order valence-electron chi connectivity index (χ1n) is 5.56. The minimum absolute atomic E-state index is 0.00731. The number of ketones is 1. The molecule has 0 aromatic heterocycles. The van der Waals surface area contributed by atoms with E-state index in [0.717, 1.165) is 38.2 Å². The van der Waals surface area contributed by atoms with Gasteiger partial charge < -0.3 is 5.11 Å². The van der Waals surface area contributed by atoms with Crippen LogP contribution in [0, 0.1) is 5.41 Å². The van der Waals surface area contributed by atoms with Gasteiger partial charge in [0.2, 0.25) is 0 Å². The molecule has 1 fully saturated rings. The monoisotopic (exact) mass is 210 g/mol. The highest BCUT2D eigenvalue weighted by Crippen LogP contribution is 2.40. The molecule has 1 aliphatic rings. The van der Waals surface area contributed by atoms with E-state index in [-0.39, 0.29) is 11.2 Å². The van der Waals surface area contributed by atoms with Crippen molar-refractivity contribution in [3.05, 3.63) is 12.2 Å². The average molecular weight is 210 g/mol. The van der Waals surface area contributed by atoms with Gasteiger partial charge in [-0.3, -0.25) is 4.79 Å². The summed E-state index contributed by atoms with van der Waals surface area (Å²) in [6.07, 6.45) is 8.18. The Morgan fingerprint density at radius 2 is 1.80 bits per heavy atom. The number of aliphatic carboxylic acids is 1. The number of hydrogen-bond acceptors (Lipinski definition) is 2. The Kier molecular flexibility index (Phi) is 4.06. The standard InChI is InChI=1S/C12H18O3/c1-2-12(8-4-3-5-9-12)10(13)6-7-11(14)15/h6-7H,2-5,8-9H2,1H3,(H,14,15)/b7-6+. The molecule has 1 aliphatic carbocycles. The summed E-state index contributed by atoms with van der Waals surface area (Å²) in [5, 5.41) is 8.48. The van der Waals surface area contributed by atoms with E-state index < -0.39 is 5.97 Å². The molecule has 0 atom stereocenters. The molecule has 0 aromatic rings. The smallest absolute Gasteiger partial charge is 0.328 e. The van der Waals surface area contributed by atoms with Crippen molar-refractivity contribution in [1.29, 1.82) is 0 Å². The molecule has 0 bridgehead atoms. The van der Waals surface area contributed by atoms with Crippen LogP contribution in [0.15, 0.2) is 12.2 Å². The number of carbonyl (C=O) groups excluding carboxylic acids is 1. The number of allylic oxidation sites excluding steroid dienone is 1. The topological polar surface area (TPSA) is 54.4 Å². The summed E-state index contributed by atoms with van der Waals surface area (Å²) in [6.45, 7) is 2.01. The van der Waals surface area contributed by atoms with Crippen LogP contribution in [0.4, 0.5) is 0 Å². The number of hydrogen-bond donors (Lipinski definition) is 1. The molecule has 3 heteroatoms. The number of rotatable bonds is 4. The fourth-order valence-electron chi connectivity index (χ4n) is 2.33. The quantitative estimate of drug-likeness (QED) is 0.725. The summed E-state index contributed by atoms with van der Waals surface area (Å²) in [5.41, 5.74) is -0.274. The van der Waals surface area contributed by atoms with Crippen LogP contribution in [-0.4, -0.2) is 16.9 Å². The molecule has 0 amide bonds. The molecule has 1 saturated carbocycles. The van der Waals surface area contributed by atoms with E-state index in [0.29, 0.717) is 0 Å². The summed E-state index contributed by atoms with van der Waals surface area (Å²) >= 11 is 0. The van der Waals surface area contributed by atoms with E-state index in [4.69, 9.17) is 5.11 Å². The molecule has 84 valence electrons. The second-order valence-electron chi connectivity index (χ2n) is 4.23. The fraction of sp³-hybridized carbons (Fsp3) is 0.667. The van der Waals surface area contributed by atoms with E-state index in [1.807, 2.05) is 6.92 Å². The summed E-state index contributed by atoms with van der Waals surface area (Å²) in [7, 11) is 0. The summed E-state index contributed by atoms with van der Waals surface area (Å²) in [4.78, 5) is 22.2. The first-order chi connectivity index (χ1) is 7.10. The minimum Gasteiger partial charge on any atom is -0.478 e. The fourth-order valence-corrected chi connectivity index (χ4v) is 2.33. The van der Waals surface area contributed by atoms with Crippen LogP contribution in [0.25, 0.3) is 0 Å². The highest BCUT2D eigenvalue weighted by molar-refractivity contribution is 5.98. The van der Waals surface area contributed by atoms with Gasteiger partial charge in [0, 0.05) is 11.5 Å². The Labute approximate surface area is 90.2 Å². The van der Waals surface area contributed by atoms with E-state index in [1.54, 1.807) is 0 Å². The van der Waals surface area contributed by atoms with Gasteiger partial charge in [0.1, 0.15) is 0 Å². The molecule has 1 N–H and O–H groups in total. The lowest BCUT2D eigenvalue weighted by molar-refractivity contribution is -0.132. The maximum absolute atomic E-state index is 11.9. The first kappa shape index (κ1) is 12.0. The second kappa shape index (κ2) is 5.10. The Morgan fingerprint density at radius 3 is 2.27 bits per heavy atom. The molecule has 1 rings (SSSR count). The molecule has 0 unspecified atom stereocenters. The first-order valence-corrected chi connectivity index (χ1v) is 5.56. The zero-order chi connectivity index (χ0) is 11.3. The van der Waals surface area contributed by atoms with Crippen molar-refractivity contribution in [2.45, 2.75) is 45.4 Å². The average Bonchev–Trinajstić information content (AvgIpc) is 2.26. The van der Waals surface area contributed by atoms with Gasteiger partial charge >= 0.3 is 5.97 Å². The van der Waals surface area contributed by atoms with Gasteiger partial charge in [-0.2, -0.15) is 0 Å². The van der Waals surface area contributed by atoms with Crippen LogP contribution < -0.4 is 0 Å². The van der Waals surface area contributed by atoms with E-state index in [9.17, 15) is 9.59 Å². The van der Waals surface area contributed by atoms with Crippen molar-refractivity contribution < 1.29 is 14.7 Å². The van der Waals surface area contributed by atoms with Crippen molar-refractivity contribution in [1.82, 2.24) is 0 Å². The summed E-state index contributed by atoms with van der Waals surface area (Å²) in [6, 6.07) is 0. The molecule has 0 radical (unpaired) electrons.